The van der Waals surface area contributed by atoms with Crippen LogP contribution in [0.15, 0.2) is 15.4 Å². The molecule has 25 heavy (non-hydrogen) atoms. The lowest BCUT2D eigenvalue weighted by Gasteiger charge is -2.15. The standard InChI is InChI=1S/C16H24N2O6S/c1-10(2)8-12(16(20)21)17-15(19)13-9-14(11(3)24-13)25(22,23)18-6-4-5-7-18/h9-10,12H,4-8H2,1-3H3,(H,17,19)(H,20,21)/t12-/m0/s1. The Morgan fingerprint density at radius 2 is 1.92 bits per heavy atom. The van der Waals surface area contributed by atoms with Gasteiger partial charge in [0.15, 0.2) is 5.76 Å². The minimum atomic E-state index is -3.70. The van der Waals surface area contributed by atoms with E-state index in [0.717, 1.165) is 12.8 Å². The number of nitrogens with zero attached hydrogens (tertiary/aromatic N) is 1. The fourth-order valence-electron chi connectivity index (χ4n) is 2.82. The van der Waals surface area contributed by atoms with Crippen molar-refractivity contribution in [3.63, 3.8) is 0 Å². The van der Waals surface area contributed by atoms with Gasteiger partial charge in [0.1, 0.15) is 16.7 Å². The molecular formula is C16H24N2O6S. The van der Waals surface area contributed by atoms with Crippen molar-refractivity contribution in [3.05, 3.63) is 17.6 Å². The lowest BCUT2D eigenvalue weighted by atomic mass is 10.0. The maximum absolute atomic E-state index is 12.6. The predicted octanol–water partition coefficient (Wildman–Crippen LogP) is 1.60. The van der Waals surface area contributed by atoms with E-state index in [9.17, 15) is 23.1 Å². The van der Waals surface area contributed by atoms with Crippen molar-refractivity contribution in [1.29, 1.82) is 0 Å². The molecule has 9 heteroatoms. The van der Waals surface area contributed by atoms with Crippen LogP contribution in [0.4, 0.5) is 0 Å². The first-order valence-electron chi connectivity index (χ1n) is 8.27. The van der Waals surface area contributed by atoms with Crippen LogP contribution in [0.3, 0.4) is 0 Å². The molecule has 0 radical (unpaired) electrons. The monoisotopic (exact) mass is 372 g/mol. The molecule has 0 bridgehead atoms. The van der Waals surface area contributed by atoms with Crippen LogP contribution in [-0.4, -0.2) is 48.8 Å². The maximum atomic E-state index is 12.6. The van der Waals surface area contributed by atoms with Gasteiger partial charge in [0.05, 0.1) is 0 Å². The minimum absolute atomic E-state index is 0.0460. The number of sulfonamides is 1. The maximum Gasteiger partial charge on any atom is 0.326 e. The van der Waals surface area contributed by atoms with Crippen molar-refractivity contribution in [2.45, 2.75) is 51.0 Å². The molecule has 1 saturated heterocycles. The molecule has 2 heterocycles. The van der Waals surface area contributed by atoms with E-state index in [1.807, 2.05) is 13.8 Å². The number of rotatable bonds is 7. The molecule has 0 spiro atoms. The Labute approximate surface area is 147 Å². The van der Waals surface area contributed by atoms with Gasteiger partial charge in [0.25, 0.3) is 5.91 Å². The second kappa shape index (κ2) is 7.57. The molecule has 0 unspecified atom stereocenters. The normalized spacial score (nSPS) is 17.0. The van der Waals surface area contributed by atoms with Crippen LogP contribution in [0.1, 0.15) is 49.4 Å². The average Bonchev–Trinajstić information content (AvgIpc) is 3.15. The van der Waals surface area contributed by atoms with Crippen LogP contribution in [0, 0.1) is 12.8 Å². The Morgan fingerprint density at radius 3 is 2.44 bits per heavy atom. The number of furan rings is 1. The van der Waals surface area contributed by atoms with E-state index in [-0.39, 0.29) is 28.8 Å². The highest BCUT2D eigenvalue weighted by Crippen LogP contribution is 2.26. The number of amides is 1. The molecule has 1 aliphatic heterocycles. The molecule has 1 fully saturated rings. The summed E-state index contributed by atoms with van der Waals surface area (Å²) in [5, 5.41) is 11.6. The lowest BCUT2D eigenvalue weighted by molar-refractivity contribution is -0.139. The summed E-state index contributed by atoms with van der Waals surface area (Å²) in [6, 6.07) is 0.114. The van der Waals surface area contributed by atoms with Gasteiger partial charge in [0, 0.05) is 19.2 Å². The zero-order valence-corrected chi connectivity index (χ0v) is 15.4. The van der Waals surface area contributed by atoms with Gasteiger partial charge in [0.2, 0.25) is 10.0 Å². The summed E-state index contributed by atoms with van der Waals surface area (Å²) in [5.74, 6) is -1.89. The van der Waals surface area contributed by atoms with Crippen molar-refractivity contribution in [2.75, 3.05) is 13.1 Å². The van der Waals surface area contributed by atoms with Crippen molar-refractivity contribution < 1.29 is 27.5 Å². The van der Waals surface area contributed by atoms with Gasteiger partial charge in [-0.25, -0.2) is 13.2 Å². The summed E-state index contributed by atoms with van der Waals surface area (Å²) >= 11 is 0. The smallest absolute Gasteiger partial charge is 0.326 e. The first-order chi connectivity index (χ1) is 11.6. The molecule has 0 saturated carbocycles. The molecular weight excluding hydrogens is 348 g/mol. The zero-order chi connectivity index (χ0) is 18.8. The van der Waals surface area contributed by atoms with E-state index in [0.29, 0.717) is 13.1 Å². The zero-order valence-electron chi connectivity index (χ0n) is 14.6. The van der Waals surface area contributed by atoms with Gasteiger partial charge in [-0.1, -0.05) is 13.8 Å². The molecule has 2 rings (SSSR count). The van der Waals surface area contributed by atoms with Gasteiger partial charge in [-0.2, -0.15) is 4.31 Å². The second-order valence-corrected chi connectivity index (χ2v) is 8.54. The molecule has 1 aliphatic rings. The number of carbonyl (C=O) groups is 2. The number of nitrogens with one attached hydrogen (secondary N) is 1. The van der Waals surface area contributed by atoms with Gasteiger partial charge in [-0.15, -0.1) is 0 Å². The van der Waals surface area contributed by atoms with Crippen molar-refractivity contribution in [3.8, 4) is 0 Å². The fraction of sp³-hybridized carbons (Fsp3) is 0.625. The summed E-state index contributed by atoms with van der Waals surface area (Å²) in [6.45, 7) is 6.07. The van der Waals surface area contributed by atoms with Gasteiger partial charge in [-0.3, -0.25) is 4.79 Å². The van der Waals surface area contributed by atoms with Crippen LogP contribution >= 0.6 is 0 Å². The van der Waals surface area contributed by atoms with Crippen LogP contribution in [0.25, 0.3) is 0 Å². The summed E-state index contributed by atoms with van der Waals surface area (Å²) in [4.78, 5) is 23.5. The SMILES string of the molecule is Cc1oc(C(=O)N[C@@H](CC(C)C)C(=O)O)cc1S(=O)(=O)N1CCCC1. The molecule has 8 nitrogen and oxygen atoms in total. The lowest BCUT2D eigenvalue weighted by Crippen LogP contribution is -2.41. The van der Waals surface area contributed by atoms with Crippen molar-refractivity contribution in [1.82, 2.24) is 9.62 Å². The molecule has 1 aromatic heterocycles. The summed E-state index contributed by atoms with van der Waals surface area (Å²) < 4.78 is 31.9. The minimum Gasteiger partial charge on any atom is -0.480 e. The topological polar surface area (TPSA) is 117 Å². The second-order valence-electron chi connectivity index (χ2n) is 6.64. The summed E-state index contributed by atoms with van der Waals surface area (Å²) in [7, 11) is -3.70. The predicted molar refractivity (Wildman–Crippen MR) is 89.8 cm³/mol. The number of carboxylic acids is 1. The number of carboxylic acid groups (broad SMARTS) is 1. The molecule has 1 aromatic rings. The molecule has 1 amide bonds. The number of carbonyl (C=O) groups excluding carboxylic acids is 1. The highest BCUT2D eigenvalue weighted by Gasteiger charge is 2.32. The Hall–Kier alpha value is -1.87. The number of hydrogen-bond acceptors (Lipinski definition) is 5. The van der Waals surface area contributed by atoms with Crippen LogP contribution in [0.5, 0.6) is 0 Å². The third-order valence-electron chi connectivity index (χ3n) is 4.09. The first-order valence-corrected chi connectivity index (χ1v) is 9.71. The van der Waals surface area contributed by atoms with Crippen LogP contribution < -0.4 is 5.32 Å². The van der Waals surface area contributed by atoms with E-state index in [1.165, 1.54) is 17.3 Å². The molecule has 0 aromatic carbocycles. The molecule has 0 aliphatic carbocycles. The number of hydrogen-bond donors (Lipinski definition) is 2. The Kier molecular flexibility index (Phi) is 5.89. The highest BCUT2D eigenvalue weighted by atomic mass is 32.2. The van der Waals surface area contributed by atoms with E-state index < -0.39 is 27.9 Å². The van der Waals surface area contributed by atoms with E-state index in [1.54, 1.807) is 0 Å². The summed E-state index contributed by atoms with van der Waals surface area (Å²) in [6.07, 6.45) is 1.87. The van der Waals surface area contributed by atoms with E-state index >= 15 is 0 Å². The van der Waals surface area contributed by atoms with Crippen LogP contribution in [0.2, 0.25) is 0 Å². The van der Waals surface area contributed by atoms with Crippen molar-refractivity contribution in [2.24, 2.45) is 5.92 Å². The van der Waals surface area contributed by atoms with E-state index in [2.05, 4.69) is 5.32 Å². The highest BCUT2D eigenvalue weighted by molar-refractivity contribution is 7.89. The fourth-order valence-corrected chi connectivity index (χ4v) is 4.50. The quantitative estimate of drug-likeness (QED) is 0.751. The summed E-state index contributed by atoms with van der Waals surface area (Å²) in [5.41, 5.74) is 0. The van der Waals surface area contributed by atoms with Gasteiger partial charge < -0.3 is 14.8 Å². The van der Waals surface area contributed by atoms with Gasteiger partial charge in [-0.05, 0) is 32.1 Å². The van der Waals surface area contributed by atoms with Gasteiger partial charge >= 0.3 is 5.97 Å². The first kappa shape index (κ1) is 19.5. The molecule has 1 atom stereocenters. The third-order valence-corrected chi connectivity index (χ3v) is 6.10. The number of aryl methyl sites for hydroxylation is 1. The van der Waals surface area contributed by atoms with Crippen LogP contribution in [-0.2, 0) is 14.8 Å². The average molecular weight is 372 g/mol. The molecule has 140 valence electrons. The third kappa shape index (κ3) is 4.40. The Bertz CT molecular complexity index is 747. The Morgan fingerprint density at radius 1 is 1.32 bits per heavy atom. The molecule has 2 N–H and O–H groups in total. The van der Waals surface area contributed by atoms with E-state index in [4.69, 9.17) is 4.42 Å². The Balaban J connectivity index is 2.21. The largest absolute Gasteiger partial charge is 0.480 e. The van der Waals surface area contributed by atoms with Crippen molar-refractivity contribution >= 4 is 21.9 Å². The number of aliphatic carboxylic acids is 1.